The number of piperidine rings is 1. The number of anilines is 1. The summed E-state index contributed by atoms with van der Waals surface area (Å²) in [5.74, 6) is 1.46. The second-order valence-electron chi connectivity index (χ2n) is 7.01. The van der Waals surface area contributed by atoms with Crippen LogP contribution in [-0.2, 0) is 6.42 Å². The van der Waals surface area contributed by atoms with Crippen molar-refractivity contribution in [3.05, 3.63) is 53.1 Å². The number of hydrogen-bond acceptors (Lipinski definition) is 3. The number of amides is 2. The van der Waals surface area contributed by atoms with Gasteiger partial charge in [-0.2, -0.15) is 0 Å². The Kier molecular flexibility index (Phi) is 7.04. The van der Waals surface area contributed by atoms with E-state index in [2.05, 4.69) is 11.4 Å². The molecule has 0 saturated carbocycles. The Labute approximate surface area is 171 Å². The molecule has 1 aliphatic rings. The lowest BCUT2D eigenvalue weighted by Crippen LogP contribution is -2.46. The topological polar surface area (TPSA) is 50.8 Å². The van der Waals surface area contributed by atoms with E-state index in [0.717, 1.165) is 55.8 Å². The van der Waals surface area contributed by atoms with Crippen molar-refractivity contribution >= 4 is 23.3 Å². The zero-order chi connectivity index (χ0) is 19.9. The number of rotatable bonds is 6. The number of urea groups is 1. The van der Waals surface area contributed by atoms with Gasteiger partial charge in [-0.05, 0) is 68.0 Å². The Balaban J connectivity index is 1.64. The molecule has 0 spiro atoms. The van der Waals surface area contributed by atoms with Crippen molar-refractivity contribution < 1.29 is 14.3 Å². The fourth-order valence-corrected chi connectivity index (χ4v) is 3.89. The van der Waals surface area contributed by atoms with E-state index in [-0.39, 0.29) is 12.1 Å². The number of aryl methyl sites for hydroxylation is 1. The summed E-state index contributed by atoms with van der Waals surface area (Å²) >= 11 is 6.02. The van der Waals surface area contributed by atoms with Gasteiger partial charge in [0.05, 0.1) is 14.2 Å². The van der Waals surface area contributed by atoms with Crippen LogP contribution in [0.4, 0.5) is 10.5 Å². The van der Waals surface area contributed by atoms with Crippen molar-refractivity contribution in [2.24, 2.45) is 0 Å². The molecule has 2 amide bonds. The van der Waals surface area contributed by atoms with Crippen molar-refractivity contribution in [1.29, 1.82) is 0 Å². The van der Waals surface area contributed by atoms with Crippen molar-refractivity contribution in [3.8, 4) is 11.5 Å². The predicted octanol–water partition coefficient (Wildman–Crippen LogP) is 5.38. The van der Waals surface area contributed by atoms with E-state index >= 15 is 0 Å². The molecule has 0 aromatic heterocycles. The zero-order valence-corrected chi connectivity index (χ0v) is 17.2. The zero-order valence-electron chi connectivity index (χ0n) is 16.4. The summed E-state index contributed by atoms with van der Waals surface area (Å²) in [6, 6.07) is 13.4. The third-order valence-corrected chi connectivity index (χ3v) is 5.41. The Morgan fingerprint density at radius 1 is 1.14 bits per heavy atom. The van der Waals surface area contributed by atoms with Crippen LogP contribution in [0.5, 0.6) is 11.5 Å². The number of methoxy groups -OCH3 is 2. The number of carbonyl (C=O) groups is 1. The van der Waals surface area contributed by atoms with Crippen molar-refractivity contribution in [3.63, 3.8) is 0 Å². The van der Waals surface area contributed by atoms with Gasteiger partial charge in [0.15, 0.2) is 11.5 Å². The molecule has 5 nitrogen and oxygen atoms in total. The van der Waals surface area contributed by atoms with Crippen molar-refractivity contribution in [2.75, 3.05) is 26.1 Å². The first kappa shape index (κ1) is 20.3. The highest BCUT2D eigenvalue weighted by molar-refractivity contribution is 6.30. The van der Waals surface area contributed by atoms with Gasteiger partial charge in [0.1, 0.15) is 0 Å². The molecule has 3 rings (SSSR count). The maximum atomic E-state index is 12.8. The number of halogens is 1. The number of hydrogen-bond donors (Lipinski definition) is 1. The Morgan fingerprint density at radius 3 is 2.71 bits per heavy atom. The molecule has 0 radical (unpaired) electrons. The van der Waals surface area contributed by atoms with E-state index < -0.39 is 0 Å². The Hall–Kier alpha value is -2.40. The van der Waals surface area contributed by atoms with Crippen molar-refractivity contribution in [1.82, 2.24) is 4.90 Å². The molecule has 0 bridgehead atoms. The molecule has 1 unspecified atom stereocenters. The van der Waals surface area contributed by atoms with Gasteiger partial charge in [-0.1, -0.05) is 23.7 Å². The van der Waals surface area contributed by atoms with Crippen LogP contribution in [0.2, 0.25) is 5.02 Å². The number of nitrogens with zero attached hydrogens (tertiary/aromatic N) is 1. The Bertz CT molecular complexity index is 812. The first-order valence-corrected chi connectivity index (χ1v) is 10.0. The minimum atomic E-state index is -0.0562. The predicted molar refractivity (Wildman–Crippen MR) is 113 cm³/mol. The van der Waals surface area contributed by atoms with Gasteiger partial charge in [-0.25, -0.2) is 4.79 Å². The molecule has 1 saturated heterocycles. The number of nitrogens with one attached hydrogen (secondary N) is 1. The average molecular weight is 403 g/mol. The number of likely N-dealkylation sites (tertiary alicyclic amines) is 1. The van der Waals surface area contributed by atoms with Gasteiger partial charge in [-0.15, -0.1) is 0 Å². The van der Waals surface area contributed by atoms with E-state index in [0.29, 0.717) is 5.02 Å². The van der Waals surface area contributed by atoms with Gasteiger partial charge in [0, 0.05) is 23.3 Å². The molecule has 2 aromatic rings. The summed E-state index contributed by atoms with van der Waals surface area (Å²) in [5.41, 5.74) is 1.90. The van der Waals surface area contributed by atoms with E-state index in [1.165, 1.54) is 5.56 Å². The summed E-state index contributed by atoms with van der Waals surface area (Å²) in [6.45, 7) is 0.781. The highest BCUT2D eigenvalue weighted by atomic mass is 35.5. The lowest BCUT2D eigenvalue weighted by atomic mass is 9.96. The molecule has 0 aliphatic carbocycles. The normalized spacial score (nSPS) is 16.5. The maximum Gasteiger partial charge on any atom is 0.322 e. The average Bonchev–Trinajstić information content (AvgIpc) is 2.72. The monoisotopic (exact) mass is 402 g/mol. The fourth-order valence-electron chi connectivity index (χ4n) is 3.70. The van der Waals surface area contributed by atoms with Crippen LogP contribution in [0.15, 0.2) is 42.5 Å². The Morgan fingerprint density at radius 2 is 1.96 bits per heavy atom. The minimum Gasteiger partial charge on any atom is -0.493 e. The lowest BCUT2D eigenvalue weighted by molar-refractivity contribution is 0.158. The van der Waals surface area contributed by atoms with Crippen LogP contribution in [0, 0.1) is 0 Å². The molecule has 1 N–H and O–H groups in total. The van der Waals surface area contributed by atoms with Gasteiger partial charge in [0.25, 0.3) is 0 Å². The summed E-state index contributed by atoms with van der Waals surface area (Å²) in [7, 11) is 3.28. The summed E-state index contributed by atoms with van der Waals surface area (Å²) in [6.07, 6.45) is 5.01. The van der Waals surface area contributed by atoms with Crippen LogP contribution >= 0.6 is 11.6 Å². The van der Waals surface area contributed by atoms with Crippen LogP contribution < -0.4 is 14.8 Å². The molecule has 28 heavy (non-hydrogen) atoms. The second kappa shape index (κ2) is 9.69. The van der Waals surface area contributed by atoms with Crippen LogP contribution in [-0.4, -0.2) is 37.7 Å². The molecule has 150 valence electrons. The van der Waals surface area contributed by atoms with Gasteiger partial charge in [-0.3, -0.25) is 0 Å². The van der Waals surface area contributed by atoms with Crippen LogP contribution in [0.25, 0.3) is 0 Å². The minimum absolute atomic E-state index is 0.0562. The quantitative estimate of drug-likeness (QED) is 0.706. The number of carbonyl (C=O) groups excluding carboxylic acids is 1. The summed E-state index contributed by atoms with van der Waals surface area (Å²) in [5, 5.41) is 3.59. The first-order valence-electron chi connectivity index (χ1n) is 9.65. The van der Waals surface area contributed by atoms with Crippen LogP contribution in [0.3, 0.4) is 0 Å². The van der Waals surface area contributed by atoms with Gasteiger partial charge < -0.3 is 19.7 Å². The summed E-state index contributed by atoms with van der Waals surface area (Å²) < 4.78 is 10.7. The molecule has 1 fully saturated rings. The number of benzene rings is 2. The molecular weight excluding hydrogens is 376 g/mol. The smallest absolute Gasteiger partial charge is 0.322 e. The summed E-state index contributed by atoms with van der Waals surface area (Å²) in [4.78, 5) is 14.8. The molecule has 2 aromatic carbocycles. The largest absolute Gasteiger partial charge is 0.493 e. The third-order valence-electron chi connectivity index (χ3n) is 5.18. The molecule has 1 atom stereocenters. The van der Waals surface area contributed by atoms with Crippen molar-refractivity contribution in [2.45, 2.75) is 38.1 Å². The molecular formula is C22H27ClN2O3. The molecule has 6 heteroatoms. The SMILES string of the molecule is COc1ccc(CCC2CCCCN2C(=O)Nc2cccc(Cl)c2)cc1OC. The van der Waals surface area contributed by atoms with Gasteiger partial charge >= 0.3 is 6.03 Å². The number of ether oxygens (including phenoxy) is 2. The van der Waals surface area contributed by atoms with E-state index in [4.69, 9.17) is 21.1 Å². The second-order valence-corrected chi connectivity index (χ2v) is 7.45. The standard InChI is InChI=1S/C22H27ClN2O3/c1-27-20-12-10-16(14-21(20)28-2)9-11-19-8-3-4-13-25(19)22(26)24-18-7-5-6-17(23)15-18/h5-7,10,12,14-15,19H,3-4,8-9,11,13H2,1-2H3,(H,24,26). The fraction of sp³-hybridized carbons (Fsp3) is 0.409. The third kappa shape index (κ3) is 5.10. The first-order chi connectivity index (χ1) is 13.6. The molecule has 1 aliphatic heterocycles. The highest BCUT2D eigenvalue weighted by Crippen LogP contribution is 2.29. The van der Waals surface area contributed by atoms with E-state index in [1.807, 2.05) is 29.2 Å². The van der Waals surface area contributed by atoms with E-state index in [1.54, 1.807) is 26.4 Å². The molecule has 1 heterocycles. The maximum absolute atomic E-state index is 12.8. The lowest BCUT2D eigenvalue weighted by Gasteiger charge is -2.36. The van der Waals surface area contributed by atoms with E-state index in [9.17, 15) is 4.79 Å². The van der Waals surface area contributed by atoms with Crippen LogP contribution in [0.1, 0.15) is 31.2 Å². The highest BCUT2D eigenvalue weighted by Gasteiger charge is 2.26. The van der Waals surface area contributed by atoms with Gasteiger partial charge in [0.2, 0.25) is 0 Å².